The van der Waals surface area contributed by atoms with Crippen molar-refractivity contribution in [3.63, 3.8) is 0 Å². The summed E-state index contributed by atoms with van der Waals surface area (Å²) < 4.78 is 5.50. The molecule has 2 rings (SSSR count). The van der Waals surface area contributed by atoms with Gasteiger partial charge in [-0.05, 0) is 0 Å². The lowest BCUT2D eigenvalue weighted by Crippen LogP contribution is -2.36. The average Bonchev–Trinajstić information content (AvgIpc) is 2.86. The highest BCUT2D eigenvalue weighted by atomic mass is 32.2. The van der Waals surface area contributed by atoms with Crippen LogP contribution in [0.4, 0.5) is 6.01 Å². The van der Waals surface area contributed by atoms with Crippen LogP contribution in [0.3, 0.4) is 0 Å². The molecule has 108 valence electrons. The van der Waals surface area contributed by atoms with Crippen LogP contribution < -0.4 is 10.6 Å². The van der Waals surface area contributed by atoms with Crippen LogP contribution in [0.15, 0.2) is 4.42 Å². The van der Waals surface area contributed by atoms with Crippen molar-refractivity contribution >= 4 is 17.8 Å². The molecule has 0 aromatic carbocycles. The highest BCUT2D eigenvalue weighted by molar-refractivity contribution is 7.99. The lowest BCUT2D eigenvalue weighted by atomic mass is 10.4. The SMILES string of the molecule is CC(C)NCc1nnc(NCCN2CCSCC2)o1. The second-order valence-corrected chi connectivity index (χ2v) is 6.14. The predicted octanol–water partition coefficient (Wildman–Crippen LogP) is 1.03. The van der Waals surface area contributed by atoms with Gasteiger partial charge in [0.15, 0.2) is 0 Å². The highest BCUT2D eigenvalue weighted by Gasteiger charge is 2.10. The third-order valence-electron chi connectivity index (χ3n) is 2.94. The van der Waals surface area contributed by atoms with E-state index in [1.165, 1.54) is 24.6 Å². The fraction of sp³-hybridized carbons (Fsp3) is 0.833. The molecule has 1 aromatic heterocycles. The Kier molecular flexibility index (Phi) is 5.93. The van der Waals surface area contributed by atoms with Crippen LogP contribution in [0.1, 0.15) is 19.7 Å². The van der Waals surface area contributed by atoms with Crippen molar-refractivity contribution in [1.82, 2.24) is 20.4 Å². The molecule has 0 aliphatic carbocycles. The third-order valence-corrected chi connectivity index (χ3v) is 3.88. The summed E-state index contributed by atoms with van der Waals surface area (Å²) in [6.07, 6.45) is 0. The van der Waals surface area contributed by atoms with E-state index in [1.54, 1.807) is 0 Å². The topological polar surface area (TPSA) is 66.2 Å². The van der Waals surface area contributed by atoms with Crippen molar-refractivity contribution in [2.24, 2.45) is 0 Å². The Morgan fingerprint density at radius 3 is 2.84 bits per heavy atom. The van der Waals surface area contributed by atoms with E-state index in [0.717, 1.165) is 13.1 Å². The summed E-state index contributed by atoms with van der Waals surface area (Å²) in [5, 5.41) is 14.4. The summed E-state index contributed by atoms with van der Waals surface area (Å²) in [4.78, 5) is 2.46. The Morgan fingerprint density at radius 1 is 1.32 bits per heavy atom. The predicted molar refractivity (Wildman–Crippen MR) is 78.5 cm³/mol. The van der Waals surface area contributed by atoms with E-state index in [9.17, 15) is 0 Å². The van der Waals surface area contributed by atoms with Gasteiger partial charge in [0.05, 0.1) is 6.54 Å². The Morgan fingerprint density at radius 2 is 2.11 bits per heavy atom. The first-order valence-corrected chi connectivity index (χ1v) is 7.99. The number of rotatable bonds is 7. The fourth-order valence-corrected chi connectivity index (χ4v) is 2.81. The number of hydrogen-bond acceptors (Lipinski definition) is 7. The van der Waals surface area contributed by atoms with Crippen LogP contribution in [0.2, 0.25) is 0 Å². The van der Waals surface area contributed by atoms with Crippen LogP contribution >= 0.6 is 11.8 Å². The summed E-state index contributed by atoms with van der Waals surface area (Å²) >= 11 is 2.03. The van der Waals surface area contributed by atoms with Crippen LogP contribution in [0.25, 0.3) is 0 Å². The zero-order chi connectivity index (χ0) is 13.5. The van der Waals surface area contributed by atoms with E-state index in [2.05, 4.69) is 39.6 Å². The molecular weight excluding hydrogens is 262 g/mol. The number of hydrogen-bond donors (Lipinski definition) is 2. The summed E-state index contributed by atoms with van der Waals surface area (Å²) in [5.74, 6) is 3.11. The van der Waals surface area contributed by atoms with Gasteiger partial charge < -0.3 is 15.1 Å². The van der Waals surface area contributed by atoms with Crippen molar-refractivity contribution in [2.45, 2.75) is 26.4 Å². The van der Waals surface area contributed by atoms with Crippen molar-refractivity contribution < 1.29 is 4.42 Å². The molecule has 1 saturated heterocycles. The Balaban J connectivity index is 1.65. The zero-order valence-electron chi connectivity index (χ0n) is 11.7. The average molecular weight is 285 g/mol. The molecule has 2 heterocycles. The maximum Gasteiger partial charge on any atom is 0.315 e. The van der Waals surface area contributed by atoms with Gasteiger partial charge in [0.1, 0.15) is 0 Å². The number of anilines is 1. The molecule has 1 fully saturated rings. The van der Waals surface area contributed by atoms with Gasteiger partial charge in [0.25, 0.3) is 0 Å². The second kappa shape index (κ2) is 7.72. The van der Waals surface area contributed by atoms with Gasteiger partial charge in [-0.2, -0.15) is 11.8 Å². The molecule has 0 radical (unpaired) electrons. The molecule has 0 unspecified atom stereocenters. The minimum atomic E-state index is 0.417. The van der Waals surface area contributed by atoms with E-state index in [-0.39, 0.29) is 0 Å². The van der Waals surface area contributed by atoms with Crippen molar-refractivity contribution in [1.29, 1.82) is 0 Å². The first-order chi connectivity index (χ1) is 9.24. The fourth-order valence-electron chi connectivity index (χ4n) is 1.83. The smallest absolute Gasteiger partial charge is 0.315 e. The molecular formula is C12H23N5OS. The van der Waals surface area contributed by atoms with Crippen LogP contribution in [-0.2, 0) is 6.54 Å². The maximum atomic E-state index is 5.50. The number of nitrogens with zero attached hydrogens (tertiary/aromatic N) is 3. The third kappa shape index (κ3) is 5.38. The lowest BCUT2D eigenvalue weighted by molar-refractivity contribution is 0.313. The van der Waals surface area contributed by atoms with E-state index < -0.39 is 0 Å². The van der Waals surface area contributed by atoms with Crippen LogP contribution in [0, 0.1) is 0 Å². The number of thioether (sulfide) groups is 1. The molecule has 0 bridgehead atoms. The van der Waals surface area contributed by atoms with Gasteiger partial charge in [-0.3, -0.25) is 4.90 Å². The maximum absolute atomic E-state index is 5.50. The minimum absolute atomic E-state index is 0.417. The molecule has 6 nitrogen and oxygen atoms in total. The molecule has 19 heavy (non-hydrogen) atoms. The van der Waals surface area contributed by atoms with E-state index in [4.69, 9.17) is 4.42 Å². The van der Waals surface area contributed by atoms with E-state index in [0.29, 0.717) is 24.5 Å². The largest absolute Gasteiger partial charge is 0.407 e. The van der Waals surface area contributed by atoms with Crippen molar-refractivity contribution in [2.75, 3.05) is 43.0 Å². The Bertz CT molecular complexity index is 365. The van der Waals surface area contributed by atoms with Gasteiger partial charge in [0.2, 0.25) is 5.89 Å². The monoisotopic (exact) mass is 285 g/mol. The van der Waals surface area contributed by atoms with Gasteiger partial charge in [-0.15, -0.1) is 5.10 Å². The molecule has 1 aliphatic rings. The summed E-state index contributed by atoms with van der Waals surface area (Å²) in [6.45, 7) is 9.04. The highest BCUT2D eigenvalue weighted by Crippen LogP contribution is 2.09. The molecule has 1 aromatic rings. The van der Waals surface area contributed by atoms with Gasteiger partial charge in [-0.25, -0.2) is 0 Å². The molecule has 0 spiro atoms. The molecule has 2 N–H and O–H groups in total. The van der Waals surface area contributed by atoms with Crippen LogP contribution in [0.5, 0.6) is 0 Å². The normalized spacial score (nSPS) is 17.0. The molecule has 0 saturated carbocycles. The molecule has 0 atom stereocenters. The molecule has 7 heteroatoms. The van der Waals surface area contributed by atoms with E-state index >= 15 is 0 Å². The summed E-state index contributed by atoms with van der Waals surface area (Å²) in [7, 11) is 0. The Labute approximate surface area is 118 Å². The summed E-state index contributed by atoms with van der Waals surface area (Å²) in [6, 6.07) is 0.937. The second-order valence-electron chi connectivity index (χ2n) is 4.92. The Hall–Kier alpha value is -0.790. The minimum Gasteiger partial charge on any atom is -0.407 e. The number of aromatic nitrogens is 2. The molecule has 1 aliphatic heterocycles. The first-order valence-electron chi connectivity index (χ1n) is 6.84. The quantitative estimate of drug-likeness (QED) is 0.775. The standard InChI is InChI=1S/C12H23N5OS/c1-10(2)14-9-11-15-16-12(18-11)13-3-4-17-5-7-19-8-6-17/h10,14H,3-9H2,1-2H3,(H,13,16). The van der Waals surface area contributed by atoms with Gasteiger partial charge in [0, 0.05) is 43.7 Å². The van der Waals surface area contributed by atoms with Gasteiger partial charge in [-0.1, -0.05) is 18.9 Å². The summed E-state index contributed by atoms with van der Waals surface area (Å²) in [5.41, 5.74) is 0. The van der Waals surface area contributed by atoms with E-state index in [1.807, 2.05) is 11.8 Å². The van der Waals surface area contributed by atoms with Crippen molar-refractivity contribution in [3.8, 4) is 0 Å². The van der Waals surface area contributed by atoms with Crippen molar-refractivity contribution in [3.05, 3.63) is 5.89 Å². The number of nitrogens with one attached hydrogen (secondary N) is 2. The van der Waals surface area contributed by atoms with Crippen LogP contribution in [-0.4, -0.2) is 58.8 Å². The van der Waals surface area contributed by atoms with Gasteiger partial charge >= 0.3 is 6.01 Å². The zero-order valence-corrected chi connectivity index (χ0v) is 12.5. The first kappa shape index (κ1) is 14.6. The molecule has 0 amide bonds. The lowest BCUT2D eigenvalue weighted by Gasteiger charge is -2.25.